The van der Waals surface area contributed by atoms with Crippen molar-refractivity contribution in [2.75, 3.05) is 24.9 Å². The van der Waals surface area contributed by atoms with Crippen LogP contribution < -0.4 is 20.1 Å². The van der Waals surface area contributed by atoms with Crippen LogP contribution in [0, 0.1) is 6.92 Å². The third-order valence-electron chi connectivity index (χ3n) is 4.37. The molecule has 0 aromatic heterocycles. The predicted octanol–water partition coefficient (Wildman–Crippen LogP) is 4.52. The van der Waals surface area contributed by atoms with Gasteiger partial charge in [-0.05, 0) is 55.5 Å². The van der Waals surface area contributed by atoms with Gasteiger partial charge in [-0.3, -0.25) is 9.59 Å². The lowest BCUT2D eigenvalue weighted by Gasteiger charge is -2.13. The molecule has 0 bridgehead atoms. The van der Waals surface area contributed by atoms with Crippen molar-refractivity contribution in [3.8, 4) is 11.5 Å². The average Bonchev–Trinajstić information content (AvgIpc) is 2.74. The topological polar surface area (TPSA) is 76.7 Å². The fourth-order valence-electron chi connectivity index (χ4n) is 2.81. The quantitative estimate of drug-likeness (QED) is 0.649. The Labute approximate surface area is 169 Å². The number of anilines is 2. The zero-order chi connectivity index (χ0) is 20.8. The first-order valence-corrected chi connectivity index (χ1v) is 9.02. The van der Waals surface area contributed by atoms with Crippen molar-refractivity contribution >= 4 is 23.2 Å². The number of carbonyl (C=O) groups is 2. The molecule has 0 saturated carbocycles. The van der Waals surface area contributed by atoms with Crippen molar-refractivity contribution in [2.24, 2.45) is 0 Å². The number of hydrogen-bond acceptors (Lipinski definition) is 4. The Bertz CT molecular complexity index is 990. The number of amides is 2. The van der Waals surface area contributed by atoms with Gasteiger partial charge in [0, 0.05) is 16.9 Å². The monoisotopic (exact) mass is 390 g/mol. The second kappa shape index (κ2) is 8.93. The molecule has 0 heterocycles. The van der Waals surface area contributed by atoms with Gasteiger partial charge < -0.3 is 20.1 Å². The third-order valence-corrected chi connectivity index (χ3v) is 4.37. The Balaban J connectivity index is 1.70. The average molecular weight is 390 g/mol. The second-order valence-electron chi connectivity index (χ2n) is 6.39. The molecular formula is C23H22N2O4. The first-order valence-electron chi connectivity index (χ1n) is 9.02. The van der Waals surface area contributed by atoms with Crippen LogP contribution in [0.1, 0.15) is 26.3 Å². The van der Waals surface area contributed by atoms with E-state index in [-0.39, 0.29) is 11.8 Å². The molecule has 2 N–H and O–H groups in total. The van der Waals surface area contributed by atoms with E-state index in [4.69, 9.17) is 9.47 Å². The Hall–Kier alpha value is -3.80. The van der Waals surface area contributed by atoms with Gasteiger partial charge in [-0.2, -0.15) is 0 Å². The number of aryl methyl sites for hydroxylation is 1. The minimum Gasteiger partial charge on any atom is -0.496 e. The summed E-state index contributed by atoms with van der Waals surface area (Å²) in [5, 5.41) is 5.65. The molecule has 0 fully saturated rings. The number of methoxy groups -OCH3 is 2. The van der Waals surface area contributed by atoms with Gasteiger partial charge in [-0.25, -0.2) is 0 Å². The van der Waals surface area contributed by atoms with E-state index in [1.165, 1.54) is 14.2 Å². The summed E-state index contributed by atoms with van der Waals surface area (Å²) in [5.74, 6) is 0.295. The summed E-state index contributed by atoms with van der Waals surface area (Å²) in [5.41, 5.74) is 3.19. The van der Waals surface area contributed by atoms with E-state index in [1.54, 1.807) is 54.6 Å². The summed E-state index contributed by atoms with van der Waals surface area (Å²) in [6.45, 7) is 1.97. The first kappa shape index (κ1) is 19.9. The van der Waals surface area contributed by atoms with Crippen molar-refractivity contribution in [3.05, 3.63) is 83.4 Å². The standard InChI is InChI=1S/C23H22N2O4/c1-15-7-9-16(10-8-15)22(26)24-17-11-13-18(14-12-17)25-23(27)21-19(28-2)5-4-6-20(21)29-3/h4-14H,1-3H3,(H,24,26)(H,25,27). The minimum atomic E-state index is -0.351. The molecule has 148 valence electrons. The van der Waals surface area contributed by atoms with Crippen LogP contribution >= 0.6 is 0 Å². The van der Waals surface area contributed by atoms with Gasteiger partial charge in [0.25, 0.3) is 11.8 Å². The molecular weight excluding hydrogens is 368 g/mol. The van der Waals surface area contributed by atoms with Crippen molar-refractivity contribution < 1.29 is 19.1 Å². The zero-order valence-corrected chi connectivity index (χ0v) is 16.5. The zero-order valence-electron chi connectivity index (χ0n) is 16.5. The Kier molecular flexibility index (Phi) is 6.14. The van der Waals surface area contributed by atoms with Gasteiger partial charge in [0.2, 0.25) is 0 Å². The van der Waals surface area contributed by atoms with E-state index in [0.717, 1.165) is 5.56 Å². The normalized spacial score (nSPS) is 10.2. The molecule has 0 radical (unpaired) electrons. The molecule has 0 saturated heterocycles. The molecule has 6 nitrogen and oxygen atoms in total. The highest BCUT2D eigenvalue weighted by Crippen LogP contribution is 2.29. The van der Waals surface area contributed by atoms with Gasteiger partial charge in [0.05, 0.1) is 14.2 Å². The Morgan fingerprint density at radius 3 is 1.66 bits per heavy atom. The molecule has 2 amide bonds. The molecule has 0 unspecified atom stereocenters. The lowest BCUT2D eigenvalue weighted by Crippen LogP contribution is -2.15. The van der Waals surface area contributed by atoms with Crippen molar-refractivity contribution in [2.45, 2.75) is 6.92 Å². The van der Waals surface area contributed by atoms with Crippen LogP contribution in [0.25, 0.3) is 0 Å². The van der Waals surface area contributed by atoms with Gasteiger partial charge >= 0.3 is 0 Å². The Morgan fingerprint density at radius 2 is 1.17 bits per heavy atom. The smallest absolute Gasteiger partial charge is 0.263 e. The summed E-state index contributed by atoms with van der Waals surface area (Å²) in [6, 6.07) is 19.3. The van der Waals surface area contributed by atoms with Crippen molar-refractivity contribution in [1.29, 1.82) is 0 Å². The lowest BCUT2D eigenvalue weighted by atomic mass is 10.1. The van der Waals surface area contributed by atoms with E-state index >= 15 is 0 Å². The van der Waals surface area contributed by atoms with Crippen LogP contribution in [0.5, 0.6) is 11.5 Å². The number of benzene rings is 3. The SMILES string of the molecule is COc1cccc(OC)c1C(=O)Nc1ccc(NC(=O)c2ccc(C)cc2)cc1. The molecule has 3 rings (SSSR count). The number of hydrogen-bond donors (Lipinski definition) is 2. The van der Waals surface area contributed by atoms with Crippen LogP contribution in [0.15, 0.2) is 66.7 Å². The fraction of sp³-hybridized carbons (Fsp3) is 0.130. The van der Waals surface area contributed by atoms with Gasteiger partial charge in [0.1, 0.15) is 17.1 Å². The van der Waals surface area contributed by atoms with Gasteiger partial charge in [-0.1, -0.05) is 23.8 Å². The summed E-state index contributed by atoms with van der Waals surface area (Å²) >= 11 is 0. The van der Waals surface area contributed by atoms with E-state index < -0.39 is 0 Å². The van der Waals surface area contributed by atoms with Crippen molar-refractivity contribution in [1.82, 2.24) is 0 Å². The Morgan fingerprint density at radius 1 is 0.690 bits per heavy atom. The van der Waals surface area contributed by atoms with Crippen LogP contribution in [0.2, 0.25) is 0 Å². The number of ether oxygens (including phenoxy) is 2. The summed E-state index contributed by atoms with van der Waals surface area (Å²) in [7, 11) is 2.99. The molecule has 0 aliphatic rings. The molecule has 0 aliphatic heterocycles. The minimum absolute atomic E-state index is 0.194. The lowest BCUT2D eigenvalue weighted by molar-refractivity contribution is 0.101. The second-order valence-corrected chi connectivity index (χ2v) is 6.39. The van der Waals surface area contributed by atoms with E-state index in [9.17, 15) is 9.59 Å². The third kappa shape index (κ3) is 4.73. The first-order chi connectivity index (χ1) is 14.0. The van der Waals surface area contributed by atoms with Crippen LogP contribution in [0.3, 0.4) is 0 Å². The summed E-state index contributed by atoms with van der Waals surface area (Å²) in [4.78, 5) is 25.0. The largest absolute Gasteiger partial charge is 0.496 e. The molecule has 3 aromatic rings. The number of carbonyl (C=O) groups excluding carboxylic acids is 2. The predicted molar refractivity (Wildman–Crippen MR) is 113 cm³/mol. The summed E-state index contributed by atoms with van der Waals surface area (Å²) < 4.78 is 10.5. The maximum Gasteiger partial charge on any atom is 0.263 e. The van der Waals surface area contributed by atoms with E-state index in [1.807, 2.05) is 19.1 Å². The number of rotatable bonds is 6. The highest BCUT2D eigenvalue weighted by molar-refractivity contribution is 6.08. The maximum absolute atomic E-state index is 12.7. The molecule has 0 aliphatic carbocycles. The molecule has 3 aromatic carbocycles. The van der Waals surface area contributed by atoms with E-state index in [2.05, 4.69) is 10.6 Å². The van der Waals surface area contributed by atoms with Crippen LogP contribution in [-0.4, -0.2) is 26.0 Å². The van der Waals surface area contributed by atoms with Gasteiger partial charge in [0.15, 0.2) is 0 Å². The van der Waals surface area contributed by atoms with Crippen molar-refractivity contribution in [3.63, 3.8) is 0 Å². The molecule has 6 heteroatoms. The van der Waals surface area contributed by atoms with Crippen LogP contribution in [-0.2, 0) is 0 Å². The fourth-order valence-corrected chi connectivity index (χ4v) is 2.81. The highest BCUT2D eigenvalue weighted by Gasteiger charge is 2.18. The number of nitrogens with one attached hydrogen (secondary N) is 2. The molecule has 0 spiro atoms. The summed E-state index contributed by atoms with van der Waals surface area (Å²) in [6.07, 6.45) is 0. The highest BCUT2D eigenvalue weighted by atomic mass is 16.5. The van der Waals surface area contributed by atoms with E-state index in [0.29, 0.717) is 34.0 Å². The molecule has 0 atom stereocenters. The van der Waals surface area contributed by atoms with Gasteiger partial charge in [-0.15, -0.1) is 0 Å². The maximum atomic E-state index is 12.7. The van der Waals surface area contributed by atoms with Crippen LogP contribution in [0.4, 0.5) is 11.4 Å². The molecule has 29 heavy (non-hydrogen) atoms.